The number of anilines is 1. The standard InChI is InChI=1S/C12H15N3O/c1-2-3-4-10-11(12(13)16-15-10)9-5-7-14-8-6-9/h5-8H,2-4,13H2,1H3. The molecule has 0 bridgehead atoms. The summed E-state index contributed by atoms with van der Waals surface area (Å²) in [6.07, 6.45) is 6.60. The summed E-state index contributed by atoms with van der Waals surface area (Å²) >= 11 is 0. The van der Waals surface area contributed by atoms with E-state index in [0.717, 1.165) is 36.1 Å². The van der Waals surface area contributed by atoms with E-state index in [1.54, 1.807) is 12.4 Å². The van der Waals surface area contributed by atoms with Crippen LogP contribution in [0.5, 0.6) is 0 Å². The van der Waals surface area contributed by atoms with Crippen LogP contribution in [0.15, 0.2) is 29.0 Å². The molecule has 0 aliphatic rings. The lowest BCUT2D eigenvalue weighted by molar-refractivity contribution is 0.426. The molecular formula is C12H15N3O. The molecule has 0 aliphatic heterocycles. The first-order valence-corrected chi connectivity index (χ1v) is 5.47. The normalized spacial score (nSPS) is 10.6. The van der Waals surface area contributed by atoms with E-state index in [1.807, 2.05) is 12.1 Å². The number of nitrogen functional groups attached to an aromatic ring is 1. The molecule has 0 saturated carbocycles. The molecule has 2 aromatic rings. The maximum Gasteiger partial charge on any atom is 0.230 e. The van der Waals surface area contributed by atoms with Crippen LogP contribution in [-0.2, 0) is 6.42 Å². The van der Waals surface area contributed by atoms with E-state index in [2.05, 4.69) is 17.1 Å². The molecule has 2 N–H and O–H groups in total. The second-order valence-corrected chi connectivity index (χ2v) is 3.71. The Bertz CT molecular complexity index is 451. The molecule has 16 heavy (non-hydrogen) atoms. The van der Waals surface area contributed by atoms with Crippen molar-refractivity contribution < 1.29 is 4.52 Å². The van der Waals surface area contributed by atoms with Gasteiger partial charge in [0.25, 0.3) is 0 Å². The topological polar surface area (TPSA) is 64.9 Å². The third-order valence-corrected chi connectivity index (χ3v) is 2.53. The first-order chi connectivity index (χ1) is 7.83. The van der Waals surface area contributed by atoms with Crippen LogP contribution < -0.4 is 5.73 Å². The van der Waals surface area contributed by atoms with Crippen molar-refractivity contribution in [1.82, 2.24) is 10.1 Å². The highest BCUT2D eigenvalue weighted by Crippen LogP contribution is 2.29. The van der Waals surface area contributed by atoms with Gasteiger partial charge >= 0.3 is 0 Å². The summed E-state index contributed by atoms with van der Waals surface area (Å²) in [5.41, 5.74) is 8.66. The molecule has 0 atom stereocenters. The van der Waals surface area contributed by atoms with E-state index in [-0.39, 0.29) is 0 Å². The fourth-order valence-electron chi connectivity index (χ4n) is 1.68. The number of aryl methyl sites for hydroxylation is 1. The van der Waals surface area contributed by atoms with Crippen LogP contribution in [0.1, 0.15) is 25.5 Å². The van der Waals surface area contributed by atoms with Crippen molar-refractivity contribution in [3.8, 4) is 11.1 Å². The molecule has 0 spiro atoms. The molecule has 84 valence electrons. The van der Waals surface area contributed by atoms with E-state index >= 15 is 0 Å². The molecule has 0 fully saturated rings. The van der Waals surface area contributed by atoms with Crippen LogP contribution >= 0.6 is 0 Å². The van der Waals surface area contributed by atoms with Crippen LogP contribution in [0, 0.1) is 0 Å². The summed E-state index contributed by atoms with van der Waals surface area (Å²) in [6, 6.07) is 3.83. The van der Waals surface area contributed by atoms with Crippen LogP contribution in [0.2, 0.25) is 0 Å². The molecule has 0 radical (unpaired) electrons. The van der Waals surface area contributed by atoms with Crippen LogP contribution in [0.4, 0.5) is 5.88 Å². The van der Waals surface area contributed by atoms with Gasteiger partial charge in [-0.1, -0.05) is 18.5 Å². The summed E-state index contributed by atoms with van der Waals surface area (Å²) in [7, 11) is 0. The minimum Gasteiger partial charge on any atom is -0.367 e. The highest BCUT2D eigenvalue weighted by atomic mass is 16.5. The van der Waals surface area contributed by atoms with E-state index < -0.39 is 0 Å². The van der Waals surface area contributed by atoms with E-state index in [9.17, 15) is 0 Å². The van der Waals surface area contributed by atoms with Crippen LogP contribution in [0.3, 0.4) is 0 Å². The Morgan fingerprint density at radius 1 is 1.31 bits per heavy atom. The minimum absolute atomic E-state index is 0.386. The summed E-state index contributed by atoms with van der Waals surface area (Å²) in [6.45, 7) is 2.15. The third kappa shape index (κ3) is 2.05. The van der Waals surface area contributed by atoms with Crippen LogP contribution in [-0.4, -0.2) is 10.1 Å². The highest BCUT2D eigenvalue weighted by molar-refractivity contribution is 5.74. The van der Waals surface area contributed by atoms with Crippen molar-refractivity contribution >= 4 is 5.88 Å². The Morgan fingerprint density at radius 3 is 2.75 bits per heavy atom. The second kappa shape index (κ2) is 4.79. The Labute approximate surface area is 94.5 Å². The van der Waals surface area contributed by atoms with Crippen molar-refractivity contribution in [3.63, 3.8) is 0 Å². The van der Waals surface area contributed by atoms with Gasteiger partial charge < -0.3 is 10.3 Å². The van der Waals surface area contributed by atoms with Gasteiger partial charge in [0.2, 0.25) is 5.88 Å². The van der Waals surface area contributed by atoms with Gasteiger partial charge in [0, 0.05) is 12.4 Å². The Balaban J connectivity index is 2.35. The average Bonchev–Trinajstić information content (AvgIpc) is 2.69. The SMILES string of the molecule is CCCCc1noc(N)c1-c1ccncc1. The third-order valence-electron chi connectivity index (χ3n) is 2.53. The zero-order chi connectivity index (χ0) is 11.4. The van der Waals surface area contributed by atoms with Gasteiger partial charge in [-0.2, -0.15) is 0 Å². The summed E-state index contributed by atoms with van der Waals surface area (Å²) in [5.74, 6) is 0.386. The van der Waals surface area contributed by atoms with Gasteiger partial charge in [0.1, 0.15) is 0 Å². The first kappa shape index (κ1) is 10.7. The largest absolute Gasteiger partial charge is 0.367 e. The minimum atomic E-state index is 0.386. The summed E-state index contributed by atoms with van der Waals surface area (Å²) in [5, 5.41) is 4.01. The number of unbranched alkanes of at least 4 members (excludes halogenated alkanes) is 1. The molecule has 4 heteroatoms. The maximum atomic E-state index is 5.80. The fourth-order valence-corrected chi connectivity index (χ4v) is 1.68. The zero-order valence-corrected chi connectivity index (χ0v) is 9.31. The smallest absolute Gasteiger partial charge is 0.230 e. The number of hydrogen-bond acceptors (Lipinski definition) is 4. The lowest BCUT2D eigenvalue weighted by Crippen LogP contribution is -1.91. The van der Waals surface area contributed by atoms with Gasteiger partial charge in [0.05, 0.1) is 11.3 Å². The predicted molar refractivity (Wildman–Crippen MR) is 62.8 cm³/mol. The average molecular weight is 217 g/mol. The van der Waals surface area contributed by atoms with E-state index in [4.69, 9.17) is 10.3 Å². The van der Waals surface area contributed by atoms with Gasteiger partial charge in [-0.3, -0.25) is 4.98 Å². The van der Waals surface area contributed by atoms with Gasteiger partial charge in [-0.25, -0.2) is 0 Å². The number of pyridine rings is 1. The molecule has 0 saturated heterocycles. The maximum absolute atomic E-state index is 5.80. The molecule has 2 heterocycles. The van der Waals surface area contributed by atoms with Crippen molar-refractivity contribution in [2.24, 2.45) is 0 Å². The van der Waals surface area contributed by atoms with Crippen molar-refractivity contribution in [3.05, 3.63) is 30.2 Å². The zero-order valence-electron chi connectivity index (χ0n) is 9.31. The Morgan fingerprint density at radius 2 is 2.06 bits per heavy atom. The molecule has 0 aromatic carbocycles. The van der Waals surface area contributed by atoms with Crippen LogP contribution in [0.25, 0.3) is 11.1 Å². The molecule has 0 aliphatic carbocycles. The Kier molecular flexibility index (Phi) is 3.19. The molecule has 2 rings (SSSR count). The quantitative estimate of drug-likeness (QED) is 0.855. The molecule has 2 aromatic heterocycles. The molecular weight excluding hydrogens is 202 g/mol. The lowest BCUT2D eigenvalue weighted by atomic mass is 10.0. The molecule has 0 amide bonds. The van der Waals surface area contributed by atoms with Crippen molar-refractivity contribution in [2.45, 2.75) is 26.2 Å². The van der Waals surface area contributed by atoms with Gasteiger partial charge in [-0.05, 0) is 30.5 Å². The number of nitrogens with two attached hydrogens (primary N) is 1. The number of hydrogen-bond donors (Lipinski definition) is 1. The van der Waals surface area contributed by atoms with E-state index in [1.165, 1.54) is 0 Å². The first-order valence-electron chi connectivity index (χ1n) is 5.47. The van der Waals surface area contributed by atoms with Gasteiger partial charge in [0.15, 0.2) is 0 Å². The Hall–Kier alpha value is -1.84. The highest BCUT2D eigenvalue weighted by Gasteiger charge is 2.14. The van der Waals surface area contributed by atoms with Gasteiger partial charge in [-0.15, -0.1) is 0 Å². The van der Waals surface area contributed by atoms with Crippen molar-refractivity contribution in [1.29, 1.82) is 0 Å². The number of rotatable bonds is 4. The summed E-state index contributed by atoms with van der Waals surface area (Å²) in [4.78, 5) is 3.98. The lowest BCUT2D eigenvalue weighted by Gasteiger charge is -2.00. The second-order valence-electron chi connectivity index (χ2n) is 3.71. The molecule has 4 nitrogen and oxygen atoms in total. The van der Waals surface area contributed by atoms with Crippen molar-refractivity contribution in [2.75, 3.05) is 5.73 Å². The fraction of sp³-hybridized carbons (Fsp3) is 0.333. The monoisotopic (exact) mass is 217 g/mol. The molecule has 0 unspecified atom stereocenters. The number of aromatic nitrogens is 2. The summed E-state index contributed by atoms with van der Waals surface area (Å²) < 4.78 is 5.05. The predicted octanol–water partition coefficient (Wildman–Crippen LogP) is 2.66. The van der Waals surface area contributed by atoms with E-state index in [0.29, 0.717) is 5.88 Å². The number of nitrogens with zero attached hydrogens (tertiary/aromatic N) is 2.